The van der Waals surface area contributed by atoms with E-state index in [0.717, 1.165) is 5.56 Å². The monoisotopic (exact) mass is 425 g/mol. The third-order valence-electron chi connectivity index (χ3n) is 4.70. The molecule has 0 fully saturated rings. The molecule has 0 N–H and O–H groups in total. The maximum absolute atomic E-state index is 13.8. The second-order valence-electron chi connectivity index (χ2n) is 6.71. The SMILES string of the molecule is COc1cc(CCC(=O)OC(c2cccc(F)c2)c2ccccn2)cc(OC)c1OC. The summed E-state index contributed by atoms with van der Waals surface area (Å²) in [5, 5.41) is 0. The van der Waals surface area contributed by atoms with Gasteiger partial charge >= 0.3 is 5.97 Å². The van der Waals surface area contributed by atoms with E-state index in [1.807, 2.05) is 0 Å². The van der Waals surface area contributed by atoms with E-state index in [1.165, 1.54) is 33.5 Å². The van der Waals surface area contributed by atoms with Crippen molar-refractivity contribution in [1.29, 1.82) is 0 Å². The van der Waals surface area contributed by atoms with E-state index in [1.54, 1.807) is 48.7 Å². The number of nitrogens with zero attached hydrogens (tertiary/aromatic N) is 1. The van der Waals surface area contributed by atoms with E-state index in [9.17, 15) is 9.18 Å². The van der Waals surface area contributed by atoms with Crippen LogP contribution in [0.25, 0.3) is 0 Å². The number of hydrogen-bond acceptors (Lipinski definition) is 6. The number of carbonyl (C=O) groups is 1. The minimum atomic E-state index is -0.802. The van der Waals surface area contributed by atoms with Gasteiger partial charge in [0.2, 0.25) is 5.75 Å². The number of aryl methyl sites for hydroxylation is 1. The fraction of sp³-hybridized carbons (Fsp3) is 0.250. The first-order valence-corrected chi connectivity index (χ1v) is 9.70. The number of halogens is 1. The van der Waals surface area contributed by atoms with Crippen molar-refractivity contribution in [3.63, 3.8) is 0 Å². The molecule has 3 aromatic rings. The van der Waals surface area contributed by atoms with Gasteiger partial charge in [-0.05, 0) is 48.4 Å². The lowest BCUT2D eigenvalue weighted by molar-refractivity contribution is -0.147. The molecule has 0 bridgehead atoms. The predicted molar refractivity (Wildman–Crippen MR) is 113 cm³/mol. The van der Waals surface area contributed by atoms with Gasteiger partial charge in [-0.1, -0.05) is 18.2 Å². The molecular weight excluding hydrogens is 401 g/mol. The van der Waals surface area contributed by atoms with Gasteiger partial charge in [0, 0.05) is 18.2 Å². The number of pyridine rings is 1. The fourth-order valence-electron chi connectivity index (χ4n) is 3.22. The summed E-state index contributed by atoms with van der Waals surface area (Å²) in [5.41, 5.74) is 1.86. The Hall–Kier alpha value is -3.61. The highest BCUT2D eigenvalue weighted by atomic mass is 19.1. The minimum Gasteiger partial charge on any atom is -0.493 e. The van der Waals surface area contributed by atoms with Gasteiger partial charge in [0.15, 0.2) is 17.6 Å². The Morgan fingerprint density at radius 3 is 2.29 bits per heavy atom. The van der Waals surface area contributed by atoms with E-state index in [-0.39, 0.29) is 6.42 Å². The molecule has 6 nitrogen and oxygen atoms in total. The van der Waals surface area contributed by atoms with Crippen LogP contribution in [-0.4, -0.2) is 32.3 Å². The number of hydrogen-bond donors (Lipinski definition) is 0. The summed E-state index contributed by atoms with van der Waals surface area (Å²) < 4.78 is 35.5. The van der Waals surface area contributed by atoms with Gasteiger partial charge in [0.1, 0.15) is 5.82 Å². The van der Waals surface area contributed by atoms with Crippen molar-refractivity contribution in [2.45, 2.75) is 18.9 Å². The lowest BCUT2D eigenvalue weighted by Crippen LogP contribution is -2.14. The summed E-state index contributed by atoms with van der Waals surface area (Å²) in [5.74, 6) is 0.658. The molecule has 31 heavy (non-hydrogen) atoms. The zero-order chi connectivity index (χ0) is 22.2. The highest BCUT2D eigenvalue weighted by Gasteiger charge is 2.21. The first-order valence-electron chi connectivity index (χ1n) is 9.70. The van der Waals surface area contributed by atoms with Crippen molar-refractivity contribution in [1.82, 2.24) is 4.98 Å². The first kappa shape index (κ1) is 22.1. The van der Waals surface area contributed by atoms with Crippen molar-refractivity contribution in [3.8, 4) is 17.2 Å². The molecule has 3 rings (SSSR count). The van der Waals surface area contributed by atoms with Crippen molar-refractivity contribution in [3.05, 3.63) is 83.4 Å². The number of carbonyl (C=O) groups excluding carboxylic acids is 1. The molecule has 0 aliphatic carbocycles. The van der Waals surface area contributed by atoms with Gasteiger partial charge < -0.3 is 18.9 Å². The van der Waals surface area contributed by atoms with Crippen LogP contribution in [0.2, 0.25) is 0 Å². The Kier molecular flexibility index (Phi) is 7.43. The molecule has 162 valence electrons. The topological polar surface area (TPSA) is 66.9 Å². The van der Waals surface area contributed by atoms with Crippen molar-refractivity contribution < 1.29 is 28.1 Å². The molecule has 2 aromatic carbocycles. The summed E-state index contributed by atoms with van der Waals surface area (Å²) in [7, 11) is 4.60. The van der Waals surface area contributed by atoms with Crippen molar-refractivity contribution in [2.75, 3.05) is 21.3 Å². The molecule has 0 saturated carbocycles. The lowest BCUT2D eigenvalue weighted by Gasteiger charge is -2.18. The molecule has 0 saturated heterocycles. The third kappa shape index (κ3) is 5.51. The zero-order valence-electron chi connectivity index (χ0n) is 17.6. The summed E-state index contributed by atoms with van der Waals surface area (Å²) >= 11 is 0. The maximum atomic E-state index is 13.8. The van der Waals surface area contributed by atoms with Gasteiger partial charge in [-0.15, -0.1) is 0 Å². The van der Waals surface area contributed by atoms with Gasteiger partial charge in [-0.2, -0.15) is 0 Å². The van der Waals surface area contributed by atoms with Crippen LogP contribution in [0.4, 0.5) is 4.39 Å². The molecule has 0 aliphatic rings. The number of benzene rings is 2. The highest BCUT2D eigenvalue weighted by molar-refractivity contribution is 5.70. The first-order chi connectivity index (χ1) is 15.0. The summed E-state index contributed by atoms with van der Waals surface area (Å²) in [6.07, 6.45) is 1.31. The fourth-order valence-corrected chi connectivity index (χ4v) is 3.22. The summed E-state index contributed by atoms with van der Waals surface area (Å²) in [4.78, 5) is 16.9. The van der Waals surface area contributed by atoms with Crippen LogP contribution in [0, 0.1) is 5.82 Å². The number of aromatic nitrogens is 1. The minimum absolute atomic E-state index is 0.108. The quantitative estimate of drug-likeness (QED) is 0.470. The molecule has 0 aliphatic heterocycles. The molecule has 0 radical (unpaired) electrons. The van der Waals surface area contributed by atoms with Crippen LogP contribution in [0.5, 0.6) is 17.2 Å². The van der Waals surface area contributed by atoms with Crippen LogP contribution in [0.15, 0.2) is 60.8 Å². The molecule has 1 heterocycles. The summed E-state index contributed by atoms with van der Waals surface area (Å²) in [6.45, 7) is 0. The Morgan fingerprint density at radius 1 is 0.968 bits per heavy atom. The molecule has 1 atom stereocenters. The standard InChI is InChI=1S/C24H24FNO5/c1-28-20-13-16(14-21(29-2)24(20)30-3)10-11-22(27)31-23(19-9-4-5-12-26-19)17-7-6-8-18(25)15-17/h4-9,12-15,23H,10-11H2,1-3H3. The van der Waals surface area contributed by atoms with E-state index in [4.69, 9.17) is 18.9 Å². The predicted octanol–water partition coefficient (Wildman–Crippen LogP) is 4.51. The van der Waals surface area contributed by atoms with Crippen LogP contribution in [0.3, 0.4) is 0 Å². The van der Waals surface area contributed by atoms with Crippen LogP contribution >= 0.6 is 0 Å². The molecule has 7 heteroatoms. The van der Waals surface area contributed by atoms with Gasteiger partial charge in [0.25, 0.3) is 0 Å². The van der Waals surface area contributed by atoms with E-state index in [2.05, 4.69) is 4.98 Å². The van der Waals surface area contributed by atoms with E-state index < -0.39 is 17.9 Å². The molecule has 0 amide bonds. The van der Waals surface area contributed by atoms with Crippen LogP contribution in [-0.2, 0) is 16.0 Å². The Morgan fingerprint density at radius 2 is 1.71 bits per heavy atom. The molecule has 1 unspecified atom stereocenters. The summed E-state index contributed by atoms with van der Waals surface area (Å²) in [6, 6.07) is 14.8. The number of rotatable bonds is 9. The third-order valence-corrected chi connectivity index (χ3v) is 4.70. The Balaban J connectivity index is 1.76. The van der Waals surface area contributed by atoms with Crippen LogP contribution in [0.1, 0.15) is 29.3 Å². The molecule has 1 aromatic heterocycles. The van der Waals surface area contributed by atoms with Gasteiger partial charge in [0.05, 0.1) is 27.0 Å². The average Bonchev–Trinajstić information content (AvgIpc) is 2.80. The van der Waals surface area contributed by atoms with Crippen LogP contribution < -0.4 is 14.2 Å². The molecule has 0 spiro atoms. The molecular formula is C24H24FNO5. The smallest absolute Gasteiger partial charge is 0.307 e. The second kappa shape index (κ2) is 10.4. The van der Waals surface area contributed by atoms with E-state index in [0.29, 0.717) is 34.9 Å². The van der Waals surface area contributed by atoms with Crippen molar-refractivity contribution >= 4 is 5.97 Å². The number of methoxy groups -OCH3 is 3. The number of ether oxygens (including phenoxy) is 4. The normalized spacial score (nSPS) is 11.5. The largest absolute Gasteiger partial charge is 0.493 e. The van der Waals surface area contributed by atoms with E-state index >= 15 is 0 Å². The highest BCUT2D eigenvalue weighted by Crippen LogP contribution is 2.38. The van der Waals surface area contributed by atoms with Crippen molar-refractivity contribution in [2.24, 2.45) is 0 Å². The number of esters is 1. The van der Waals surface area contributed by atoms with Gasteiger partial charge in [-0.25, -0.2) is 4.39 Å². The maximum Gasteiger partial charge on any atom is 0.307 e. The average molecular weight is 425 g/mol. The Bertz CT molecular complexity index is 1000. The Labute approximate surface area is 180 Å². The lowest BCUT2D eigenvalue weighted by atomic mass is 10.1. The second-order valence-corrected chi connectivity index (χ2v) is 6.71. The zero-order valence-corrected chi connectivity index (χ0v) is 17.6. The van der Waals surface area contributed by atoms with Gasteiger partial charge in [-0.3, -0.25) is 9.78 Å².